The van der Waals surface area contributed by atoms with Gasteiger partial charge in [-0.3, -0.25) is 4.90 Å². The highest BCUT2D eigenvalue weighted by Crippen LogP contribution is 2.42. The molecule has 6 heteroatoms. The van der Waals surface area contributed by atoms with Crippen LogP contribution in [0.3, 0.4) is 0 Å². The summed E-state index contributed by atoms with van der Waals surface area (Å²) in [6.45, 7) is 6.59. The van der Waals surface area contributed by atoms with Crippen LogP contribution in [0, 0.1) is 0 Å². The average molecular weight is 301 g/mol. The Bertz CT molecular complexity index is 470. The number of nitrogens with zero attached hydrogens (tertiary/aromatic N) is 1. The van der Waals surface area contributed by atoms with Crippen molar-refractivity contribution in [2.45, 2.75) is 19.5 Å². The van der Waals surface area contributed by atoms with Crippen LogP contribution in [0.2, 0.25) is 0 Å². The van der Waals surface area contributed by atoms with E-state index in [4.69, 9.17) is 14.2 Å². The van der Waals surface area contributed by atoms with Crippen molar-refractivity contribution in [2.24, 2.45) is 0 Å². The van der Waals surface area contributed by atoms with Crippen LogP contribution < -0.4 is 19.5 Å². The van der Waals surface area contributed by atoms with E-state index in [1.54, 1.807) is 7.11 Å². The third kappa shape index (κ3) is 3.11. The van der Waals surface area contributed by atoms with Gasteiger partial charge >= 0.3 is 0 Å². The molecular formula is C14H21ClN2O3. The summed E-state index contributed by atoms with van der Waals surface area (Å²) in [5.74, 6) is 2.27. The second-order valence-electron chi connectivity index (χ2n) is 5.12. The fraction of sp³-hybridized carbons (Fsp3) is 0.571. The Kier molecular flexibility index (Phi) is 4.96. The van der Waals surface area contributed by atoms with Crippen molar-refractivity contribution in [1.82, 2.24) is 10.2 Å². The Hall–Kier alpha value is -1.17. The van der Waals surface area contributed by atoms with Crippen LogP contribution >= 0.6 is 12.4 Å². The van der Waals surface area contributed by atoms with Crippen LogP contribution in [0.15, 0.2) is 12.1 Å². The SMILES string of the molecule is COc1cc(CN2CCN[C@H](C)C2)cc2c1OCO2.Cl. The van der Waals surface area contributed by atoms with Crippen molar-refractivity contribution in [1.29, 1.82) is 0 Å². The molecule has 1 atom stereocenters. The summed E-state index contributed by atoms with van der Waals surface area (Å²) in [6.07, 6.45) is 0. The first kappa shape index (κ1) is 15.2. The first-order valence-corrected chi connectivity index (χ1v) is 6.68. The molecule has 2 heterocycles. The van der Waals surface area contributed by atoms with Gasteiger partial charge in [0.25, 0.3) is 0 Å². The van der Waals surface area contributed by atoms with Gasteiger partial charge in [-0.25, -0.2) is 0 Å². The van der Waals surface area contributed by atoms with E-state index in [0.717, 1.165) is 43.4 Å². The number of hydrogen-bond acceptors (Lipinski definition) is 5. The molecule has 0 saturated carbocycles. The lowest BCUT2D eigenvalue weighted by Gasteiger charge is -2.31. The van der Waals surface area contributed by atoms with Crippen LogP contribution in [0.25, 0.3) is 0 Å². The average Bonchev–Trinajstić information content (AvgIpc) is 2.86. The molecule has 112 valence electrons. The predicted molar refractivity (Wildman–Crippen MR) is 79.1 cm³/mol. The van der Waals surface area contributed by atoms with E-state index in [9.17, 15) is 0 Å². The van der Waals surface area contributed by atoms with Crippen LogP contribution in [0.5, 0.6) is 17.2 Å². The lowest BCUT2D eigenvalue weighted by molar-refractivity contribution is 0.171. The van der Waals surface area contributed by atoms with Gasteiger partial charge in [0.1, 0.15) is 0 Å². The topological polar surface area (TPSA) is 43.0 Å². The highest BCUT2D eigenvalue weighted by molar-refractivity contribution is 5.85. The second-order valence-corrected chi connectivity index (χ2v) is 5.12. The first-order chi connectivity index (χ1) is 9.26. The maximum atomic E-state index is 5.46. The summed E-state index contributed by atoms with van der Waals surface area (Å²) in [5.41, 5.74) is 1.20. The van der Waals surface area contributed by atoms with Crippen molar-refractivity contribution in [3.05, 3.63) is 17.7 Å². The standard InChI is InChI=1S/C14H20N2O3.ClH/c1-10-7-16(4-3-15-10)8-11-5-12(17-2)14-13(6-11)18-9-19-14;/h5-6,10,15H,3-4,7-9H2,1-2H3;1H/t10-;/m1./s1. The van der Waals surface area contributed by atoms with Gasteiger partial charge in [-0.1, -0.05) is 0 Å². The number of hydrogen-bond donors (Lipinski definition) is 1. The van der Waals surface area contributed by atoms with Gasteiger partial charge in [0.15, 0.2) is 11.5 Å². The lowest BCUT2D eigenvalue weighted by atomic mass is 10.1. The fourth-order valence-electron chi connectivity index (χ4n) is 2.69. The van der Waals surface area contributed by atoms with Crippen LogP contribution in [-0.4, -0.2) is 44.5 Å². The Labute approximate surface area is 125 Å². The molecule has 2 aliphatic heterocycles. The number of methoxy groups -OCH3 is 1. The van der Waals surface area contributed by atoms with E-state index in [-0.39, 0.29) is 19.2 Å². The molecule has 0 aliphatic carbocycles. The zero-order valence-corrected chi connectivity index (χ0v) is 12.7. The largest absolute Gasteiger partial charge is 0.493 e. The molecule has 0 radical (unpaired) electrons. The zero-order chi connectivity index (χ0) is 13.2. The molecule has 0 unspecified atom stereocenters. The van der Waals surface area contributed by atoms with Crippen molar-refractivity contribution in [2.75, 3.05) is 33.5 Å². The highest BCUT2D eigenvalue weighted by Gasteiger charge is 2.22. The molecule has 0 aromatic heterocycles. The molecule has 2 aliphatic rings. The van der Waals surface area contributed by atoms with Crippen LogP contribution in [0.4, 0.5) is 0 Å². The molecule has 1 aromatic rings. The number of halogens is 1. The maximum Gasteiger partial charge on any atom is 0.231 e. The van der Waals surface area contributed by atoms with Crippen molar-refractivity contribution < 1.29 is 14.2 Å². The molecule has 3 rings (SSSR count). The third-order valence-electron chi connectivity index (χ3n) is 3.58. The van der Waals surface area contributed by atoms with E-state index in [1.165, 1.54) is 5.56 Å². The summed E-state index contributed by atoms with van der Waals surface area (Å²) in [5, 5.41) is 3.45. The monoisotopic (exact) mass is 300 g/mol. The van der Waals surface area contributed by atoms with E-state index in [0.29, 0.717) is 6.04 Å². The number of piperazine rings is 1. The quantitative estimate of drug-likeness (QED) is 0.919. The summed E-state index contributed by atoms with van der Waals surface area (Å²) in [4.78, 5) is 2.44. The summed E-state index contributed by atoms with van der Waals surface area (Å²) >= 11 is 0. The summed E-state index contributed by atoms with van der Waals surface area (Å²) < 4.78 is 16.2. The number of rotatable bonds is 3. The Balaban J connectivity index is 0.00000147. The summed E-state index contributed by atoms with van der Waals surface area (Å²) in [6, 6.07) is 4.64. The molecule has 1 saturated heterocycles. The van der Waals surface area contributed by atoms with Crippen LogP contribution in [-0.2, 0) is 6.54 Å². The van der Waals surface area contributed by atoms with E-state index in [1.807, 2.05) is 6.07 Å². The normalized spacial score (nSPS) is 21.4. The number of benzene rings is 1. The summed E-state index contributed by atoms with van der Waals surface area (Å²) in [7, 11) is 1.66. The predicted octanol–water partition coefficient (Wildman–Crippen LogP) is 1.64. The van der Waals surface area contributed by atoms with E-state index in [2.05, 4.69) is 23.2 Å². The van der Waals surface area contributed by atoms with E-state index < -0.39 is 0 Å². The van der Waals surface area contributed by atoms with Gasteiger partial charge in [-0.15, -0.1) is 12.4 Å². The van der Waals surface area contributed by atoms with E-state index >= 15 is 0 Å². The molecular weight excluding hydrogens is 280 g/mol. The van der Waals surface area contributed by atoms with Gasteiger partial charge in [-0.2, -0.15) is 0 Å². The molecule has 1 fully saturated rings. The molecule has 0 amide bonds. The Morgan fingerprint density at radius 3 is 3.00 bits per heavy atom. The number of ether oxygens (including phenoxy) is 3. The Morgan fingerprint density at radius 1 is 1.40 bits per heavy atom. The zero-order valence-electron chi connectivity index (χ0n) is 11.8. The molecule has 20 heavy (non-hydrogen) atoms. The molecule has 5 nitrogen and oxygen atoms in total. The van der Waals surface area contributed by atoms with Gasteiger partial charge in [0.05, 0.1) is 7.11 Å². The second kappa shape index (κ2) is 6.52. The van der Waals surface area contributed by atoms with Gasteiger partial charge < -0.3 is 19.5 Å². The minimum absolute atomic E-state index is 0. The highest BCUT2D eigenvalue weighted by atomic mass is 35.5. The molecule has 0 spiro atoms. The smallest absolute Gasteiger partial charge is 0.231 e. The number of nitrogens with one attached hydrogen (secondary N) is 1. The molecule has 1 N–H and O–H groups in total. The van der Waals surface area contributed by atoms with Crippen LogP contribution in [0.1, 0.15) is 12.5 Å². The minimum Gasteiger partial charge on any atom is -0.493 e. The number of fused-ring (bicyclic) bond motifs is 1. The van der Waals surface area contributed by atoms with Crippen molar-refractivity contribution >= 4 is 12.4 Å². The lowest BCUT2D eigenvalue weighted by Crippen LogP contribution is -2.48. The molecule has 1 aromatic carbocycles. The first-order valence-electron chi connectivity index (χ1n) is 6.68. The van der Waals surface area contributed by atoms with Gasteiger partial charge in [0.2, 0.25) is 12.5 Å². The van der Waals surface area contributed by atoms with Crippen molar-refractivity contribution in [3.8, 4) is 17.2 Å². The van der Waals surface area contributed by atoms with Gasteiger partial charge in [0, 0.05) is 32.2 Å². The Morgan fingerprint density at radius 2 is 2.25 bits per heavy atom. The fourth-order valence-corrected chi connectivity index (χ4v) is 2.69. The molecule has 0 bridgehead atoms. The van der Waals surface area contributed by atoms with Crippen molar-refractivity contribution in [3.63, 3.8) is 0 Å². The maximum absolute atomic E-state index is 5.46. The minimum atomic E-state index is 0. The third-order valence-corrected chi connectivity index (χ3v) is 3.58. The van der Waals surface area contributed by atoms with Gasteiger partial charge in [-0.05, 0) is 24.6 Å².